The molecule has 88 valence electrons. The van der Waals surface area contributed by atoms with Crippen LogP contribution in [0.5, 0.6) is 0 Å². The van der Waals surface area contributed by atoms with Crippen LogP contribution in [-0.2, 0) is 9.59 Å². The molecule has 0 saturated carbocycles. The molecule has 1 N–H and O–H groups in total. The molecule has 0 fully saturated rings. The summed E-state index contributed by atoms with van der Waals surface area (Å²) >= 11 is 0. The molecule has 0 aromatic rings. The second kappa shape index (κ2) is 11.2. The van der Waals surface area contributed by atoms with Crippen LogP contribution in [0.1, 0.15) is 58.3 Å². The van der Waals surface area contributed by atoms with Crippen molar-refractivity contribution in [2.45, 2.75) is 58.3 Å². The Kier molecular flexibility index (Phi) is 10.6. The molecule has 1 amide bonds. The Morgan fingerprint density at radius 2 is 1.93 bits per heavy atom. The van der Waals surface area contributed by atoms with Crippen LogP contribution in [0.4, 0.5) is 0 Å². The molecule has 3 nitrogen and oxygen atoms in total. The van der Waals surface area contributed by atoms with Crippen molar-refractivity contribution in [2.24, 2.45) is 0 Å². The van der Waals surface area contributed by atoms with E-state index in [0.29, 0.717) is 12.8 Å². The molecule has 0 aliphatic heterocycles. The Morgan fingerprint density at radius 1 is 1.13 bits per heavy atom. The molecule has 0 spiro atoms. The molecule has 0 unspecified atom stereocenters. The summed E-state index contributed by atoms with van der Waals surface area (Å²) in [6.07, 6.45) is 8.42. The van der Waals surface area contributed by atoms with Crippen molar-refractivity contribution in [3.05, 3.63) is 0 Å². The van der Waals surface area contributed by atoms with Crippen LogP contribution in [0.3, 0.4) is 0 Å². The van der Waals surface area contributed by atoms with Crippen molar-refractivity contribution < 1.29 is 9.59 Å². The van der Waals surface area contributed by atoms with E-state index in [1.807, 2.05) is 0 Å². The van der Waals surface area contributed by atoms with Gasteiger partial charge in [-0.25, -0.2) is 0 Å². The molecule has 0 heterocycles. The summed E-state index contributed by atoms with van der Waals surface area (Å²) in [5.74, 6) is 0.123. The zero-order valence-corrected chi connectivity index (χ0v) is 9.76. The SMILES string of the molecule is CCCCCCNC(=O)CCCCC=O. The van der Waals surface area contributed by atoms with E-state index in [0.717, 1.165) is 32.1 Å². The molecule has 0 saturated heterocycles. The maximum atomic E-state index is 11.2. The minimum Gasteiger partial charge on any atom is -0.356 e. The highest BCUT2D eigenvalue weighted by atomic mass is 16.1. The standard InChI is InChI=1S/C12H23NO2/c1-2-3-4-7-10-13-12(15)9-6-5-8-11-14/h11H,2-10H2,1H3,(H,13,15). The van der Waals surface area contributed by atoms with Gasteiger partial charge in [0.2, 0.25) is 5.91 Å². The first kappa shape index (κ1) is 14.1. The van der Waals surface area contributed by atoms with Gasteiger partial charge in [0.15, 0.2) is 0 Å². The fourth-order valence-electron chi connectivity index (χ4n) is 1.38. The van der Waals surface area contributed by atoms with E-state index in [2.05, 4.69) is 12.2 Å². The smallest absolute Gasteiger partial charge is 0.219 e. The fourth-order valence-corrected chi connectivity index (χ4v) is 1.38. The molecule has 0 bridgehead atoms. The predicted molar refractivity (Wildman–Crippen MR) is 61.7 cm³/mol. The van der Waals surface area contributed by atoms with Crippen molar-refractivity contribution in [1.82, 2.24) is 5.32 Å². The van der Waals surface area contributed by atoms with E-state index in [1.165, 1.54) is 19.3 Å². The zero-order chi connectivity index (χ0) is 11.4. The van der Waals surface area contributed by atoms with Gasteiger partial charge in [-0.1, -0.05) is 26.2 Å². The Bertz CT molecular complexity index is 169. The van der Waals surface area contributed by atoms with E-state index >= 15 is 0 Å². The monoisotopic (exact) mass is 213 g/mol. The summed E-state index contributed by atoms with van der Waals surface area (Å²) in [5.41, 5.74) is 0. The van der Waals surface area contributed by atoms with E-state index < -0.39 is 0 Å². The van der Waals surface area contributed by atoms with Crippen LogP contribution in [0, 0.1) is 0 Å². The lowest BCUT2D eigenvalue weighted by molar-refractivity contribution is -0.121. The molecule has 0 aromatic heterocycles. The maximum Gasteiger partial charge on any atom is 0.219 e. The van der Waals surface area contributed by atoms with E-state index in [-0.39, 0.29) is 5.91 Å². The molecule has 3 heteroatoms. The number of hydrogen-bond donors (Lipinski definition) is 1. The Hall–Kier alpha value is -0.860. The number of aldehydes is 1. The summed E-state index contributed by atoms with van der Waals surface area (Å²) in [4.78, 5) is 21.3. The van der Waals surface area contributed by atoms with E-state index in [4.69, 9.17) is 0 Å². The summed E-state index contributed by atoms with van der Waals surface area (Å²) in [6, 6.07) is 0. The van der Waals surface area contributed by atoms with Crippen molar-refractivity contribution in [3.8, 4) is 0 Å². The number of carbonyl (C=O) groups excluding carboxylic acids is 2. The summed E-state index contributed by atoms with van der Waals surface area (Å²) in [6.45, 7) is 2.97. The van der Waals surface area contributed by atoms with Crippen molar-refractivity contribution in [1.29, 1.82) is 0 Å². The van der Waals surface area contributed by atoms with Crippen LogP contribution in [0.25, 0.3) is 0 Å². The first-order chi connectivity index (χ1) is 7.31. The van der Waals surface area contributed by atoms with Gasteiger partial charge in [0.1, 0.15) is 6.29 Å². The topological polar surface area (TPSA) is 46.2 Å². The molecule has 0 rings (SSSR count). The number of hydrogen-bond acceptors (Lipinski definition) is 2. The minimum atomic E-state index is 0.123. The third-order valence-electron chi connectivity index (χ3n) is 2.33. The van der Waals surface area contributed by atoms with Gasteiger partial charge in [-0.15, -0.1) is 0 Å². The summed E-state index contributed by atoms with van der Waals surface area (Å²) in [5, 5.41) is 2.89. The fraction of sp³-hybridized carbons (Fsp3) is 0.833. The average molecular weight is 213 g/mol. The Balaban J connectivity index is 3.15. The summed E-state index contributed by atoms with van der Waals surface area (Å²) < 4.78 is 0. The lowest BCUT2D eigenvalue weighted by Gasteiger charge is -2.04. The third kappa shape index (κ3) is 11.1. The van der Waals surface area contributed by atoms with E-state index in [1.54, 1.807) is 0 Å². The largest absolute Gasteiger partial charge is 0.356 e. The molecule has 0 atom stereocenters. The first-order valence-corrected chi connectivity index (χ1v) is 6.01. The predicted octanol–water partition coefficient (Wildman–Crippen LogP) is 2.44. The van der Waals surface area contributed by atoms with Gasteiger partial charge >= 0.3 is 0 Å². The van der Waals surface area contributed by atoms with Gasteiger partial charge in [-0.05, 0) is 19.3 Å². The quantitative estimate of drug-likeness (QED) is 0.447. The Labute approximate surface area is 92.6 Å². The second-order valence-corrected chi connectivity index (χ2v) is 3.82. The first-order valence-electron chi connectivity index (χ1n) is 6.01. The van der Waals surface area contributed by atoms with Gasteiger partial charge in [-0.3, -0.25) is 4.79 Å². The van der Waals surface area contributed by atoms with Crippen LogP contribution < -0.4 is 5.32 Å². The highest BCUT2D eigenvalue weighted by Crippen LogP contribution is 1.99. The van der Waals surface area contributed by atoms with Crippen LogP contribution in [-0.4, -0.2) is 18.7 Å². The number of amides is 1. The van der Waals surface area contributed by atoms with E-state index in [9.17, 15) is 9.59 Å². The molecular weight excluding hydrogens is 190 g/mol. The normalized spacial score (nSPS) is 9.93. The Morgan fingerprint density at radius 3 is 2.60 bits per heavy atom. The van der Waals surface area contributed by atoms with Crippen LogP contribution in [0.15, 0.2) is 0 Å². The van der Waals surface area contributed by atoms with Crippen molar-refractivity contribution in [2.75, 3.05) is 6.54 Å². The third-order valence-corrected chi connectivity index (χ3v) is 2.33. The molecular formula is C12H23NO2. The highest BCUT2D eigenvalue weighted by Gasteiger charge is 1.99. The molecule has 0 aromatic carbocycles. The van der Waals surface area contributed by atoms with Crippen LogP contribution in [0.2, 0.25) is 0 Å². The van der Waals surface area contributed by atoms with Gasteiger partial charge in [-0.2, -0.15) is 0 Å². The van der Waals surface area contributed by atoms with Gasteiger partial charge < -0.3 is 10.1 Å². The number of rotatable bonds is 10. The van der Waals surface area contributed by atoms with Gasteiger partial charge in [0, 0.05) is 19.4 Å². The van der Waals surface area contributed by atoms with Gasteiger partial charge in [0.25, 0.3) is 0 Å². The molecule has 0 radical (unpaired) electrons. The molecule has 15 heavy (non-hydrogen) atoms. The van der Waals surface area contributed by atoms with Crippen molar-refractivity contribution >= 4 is 12.2 Å². The lowest BCUT2D eigenvalue weighted by atomic mass is 10.2. The number of nitrogens with one attached hydrogen (secondary N) is 1. The van der Waals surface area contributed by atoms with Crippen LogP contribution >= 0.6 is 0 Å². The molecule has 0 aliphatic rings. The number of carbonyl (C=O) groups is 2. The molecule has 0 aliphatic carbocycles. The average Bonchev–Trinajstić information content (AvgIpc) is 2.24. The summed E-state index contributed by atoms with van der Waals surface area (Å²) in [7, 11) is 0. The highest BCUT2D eigenvalue weighted by molar-refractivity contribution is 5.75. The van der Waals surface area contributed by atoms with Crippen molar-refractivity contribution in [3.63, 3.8) is 0 Å². The lowest BCUT2D eigenvalue weighted by Crippen LogP contribution is -2.23. The second-order valence-electron chi connectivity index (χ2n) is 3.82. The zero-order valence-electron chi connectivity index (χ0n) is 9.76. The van der Waals surface area contributed by atoms with Gasteiger partial charge in [0.05, 0.1) is 0 Å². The maximum absolute atomic E-state index is 11.2. The number of unbranched alkanes of at least 4 members (excludes halogenated alkanes) is 5. The minimum absolute atomic E-state index is 0.123.